The van der Waals surface area contributed by atoms with E-state index in [1.165, 1.54) is 0 Å². The summed E-state index contributed by atoms with van der Waals surface area (Å²) in [7, 11) is 0. The van der Waals surface area contributed by atoms with Crippen molar-refractivity contribution in [3.05, 3.63) is 0 Å². The highest BCUT2D eigenvalue weighted by atomic mass is 16.5. The second kappa shape index (κ2) is 4.29. The van der Waals surface area contributed by atoms with Crippen molar-refractivity contribution in [1.29, 1.82) is 0 Å². The molecule has 1 heterocycles. The predicted molar refractivity (Wildman–Crippen MR) is 62.3 cm³/mol. The molecule has 96 valence electrons. The van der Waals surface area contributed by atoms with Gasteiger partial charge in [-0.25, -0.2) is 0 Å². The fourth-order valence-electron chi connectivity index (χ4n) is 2.74. The third kappa shape index (κ3) is 2.04. The summed E-state index contributed by atoms with van der Waals surface area (Å²) in [6, 6.07) is 0.123. The number of nitrogens with one attached hydrogen (secondary N) is 1. The fourth-order valence-corrected chi connectivity index (χ4v) is 2.74. The fraction of sp³-hybridized carbons (Fsp3) is 0.833. The number of amides is 2. The minimum absolute atomic E-state index is 0.0117. The average molecular weight is 240 g/mol. The summed E-state index contributed by atoms with van der Waals surface area (Å²) in [5.74, 6) is -0.0575. The standard InChI is InChI=1S/C12H20N2O3/c1-4-17-9-5-8(12(9,2)3)14-7-10(15)13-6-11(14)16/h8-9H,4-7H2,1-3H3,(H,13,15). The lowest BCUT2D eigenvalue weighted by Gasteiger charge is -2.56. The Morgan fingerprint density at radius 2 is 2.18 bits per heavy atom. The third-order valence-electron chi connectivity index (χ3n) is 3.94. The summed E-state index contributed by atoms with van der Waals surface area (Å²) in [4.78, 5) is 24.8. The van der Waals surface area contributed by atoms with E-state index in [9.17, 15) is 9.59 Å². The van der Waals surface area contributed by atoms with Crippen LogP contribution in [0.2, 0.25) is 0 Å². The molecule has 2 unspecified atom stereocenters. The van der Waals surface area contributed by atoms with E-state index in [1.807, 2.05) is 6.92 Å². The number of ether oxygens (including phenoxy) is 1. The largest absolute Gasteiger partial charge is 0.378 e. The minimum atomic E-state index is -0.0692. The predicted octanol–water partition coefficient (Wildman–Crippen LogP) is 0.148. The summed E-state index contributed by atoms with van der Waals surface area (Å²) >= 11 is 0. The Hall–Kier alpha value is -1.10. The van der Waals surface area contributed by atoms with Gasteiger partial charge in [0.25, 0.3) is 0 Å². The molecule has 5 nitrogen and oxygen atoms in total. The summed E-state index contributed by atoms with van der Waals surface area (Å²) in [5.41, 5.74) is -0.0662. The Kier molecular flexibility index (Phi) is 3.12. The first kappa shape index (κ1) is 12.4. The topological polar surface area (TPSA) is 58.6 Å². The van der Waals surface area contributed by atoms with Crippen LogP contribution in [0.5, 0.6) is 0 Å². The van der Waals surface area contributed by atoms with Crippen LogP contribution in [0, 0.1) is 5.41 Å². The first-order chi connectivity index (χ1) is 7.96. The number of hydrogen-bond acceptors (Lipinski definition) is 3. The Bertz CT molecular complexity index is 341. The van der Waals surface area contributed by atoms with E-state index in [4.69, 9.17) is 4.74 Å². The van der Waals surface area contributed by atoms with E-state index in [1.54, 1.807) is 4.90 Å². The monoisotopic (exact) mass is 240 g/mol. The molecular weight excluding hydrogens is 220 g/mol. The summed E-state index contributed by atoms with van der Waals surface area (Å²) in [6.07, 6.45) is 1.02. The van der Waals surface area contributed by atoms with Gasteiger partial charge in [0.2, 0.25) is 11.8 Å². The molecule has 0 radical (unpaired) electrons. The molecule has 1 N–H and O–H groups in total. The molecule has 0 aromatic carbocycles. The number of hydrogen-bond donors (Lipinski definition) is 1. The van der Waals surface area contributed by atoms with Gasteiger partial charge in [0, 0.05) is 18.1 Å². The molecule has 0 bridgehead atoms. The van der Waals surface area contributed by atoms with Crippen molar-refractivity contribution in [2.24, 2.45) is 5.41 Å². The highest BCUT2D eigenvalue weighted by molar-refractivity contribution is 5.92. The molecule has 1 aliphatic heterocycles. The molecule has 2 rings (SSSR count). The van der Waals surface area contributed by atoms with Crippen LogP contribution < -0.4 is 5.32 Å². The zero-order chi connectivity index (χ0) is 12.6. The highest BCUT2D eigenvalue weighted by Crippen LogP contribution is 2.45. The van der Waals surface area contributed by atoms with Crippen LogP contribution in [0.15, 0.2) is 0 Å². The van der Waals surface area contributed by atoms with Gasteiger partial charge in [-0.1, -0.05) is 13.8 Å². The Morgan fingerprint density at radius 1 is 1.47 bits per heavy atom. The number of piperazine rings is 1. The summed E-state index contributed by atoms with van der Waals surface area (Å²) in [6.45, 7) is 7.18. The van der Waals surface area contributed by atoms with Gasteiger partial charge in [-0.05, 0) is 13.3 Å². The van der Waals surface area contributed by atoms with Crippen LogP contribution >= 0.6 is 0 Å². The van der Waals surface area contributed by atoms with E-state index in [2.05, 4.69) is 19.2 Å². The molecule has 2 aliphatic rings. The molecule has 0 aromatic rings. The third-order valence-corrected chi connectivity index (χ3v) is 3.94. The van der Waals surface area contributed by atoms with Crippen molar-refractivity contribution in [2.75, 3.05) is 19.7 Å². The highest BCUT2D eigenvalue weighted by Gasteiger charge is 2.53. The minimum Gasteiger partial charge on any atom is -0.378 e. The van der Waals surface area contributed by atoms with E-state index in [0.717, 1.165) is 6.42 Å². The number of carbonyl (C=O) groups is 2. The second-order valence-corrected chi connectivity index (χ2v) is 5.32. The van der Waals surface area contributed by atoms with Crippen molar-refractivity contribution < 1.29 is 14.3 Å². The van der Waals surface area contributed by atoms with Gasteiger partial charge in [0.15, 0.2) is 0 Å². The first-order valence-corrected chi connectivity index (χ1v) is 6.14. The van der Waals surface area contributed by atoms with Crippen molar-refractivity contribution in [2.45, 2.75) is 39.3 Å². The Labute approximate surface area is 101 Å². The van der Waals surface area contributed by atoms with Crippen molar-refractivity contribution in [1.82, 2.24) is 10.2 Å². The van der Waals surface area contributed by atoms with Crippen LogP contribution in [-0.2, 0) is 14.3 Å². The SMILES string of the molecule is CCOC1CC(N2CC(=O)NCC2=O)C1(C)C. The second-order valence-electron chi connectivity index (χ2n) is 5.32. The molecule has 1 saturated heterocycles. The first-order valence-electron chi connectivity index (χ1n) is 6.14. The van der Waals surface area contributed by atoms with E-state index < -0.39 is 0 Å². The van der Waals surface area contributed by atoms with Gasteiger partial charge in [0.1, 0.15) is 0 Å². The van der Waals surface area contributed by atoms with Gasteiger partial charge in [-0.2, -0.15) is 0 Å². The van der Waals surface area contributed by atoms with Crippen LogP contribution in [0.1, 0.15) is 27.2 Å². The lowest BCUT2D eigenvalue weighted by molar-refractivity contribution is -0.172. The summed E-state index contributed by atoms with van der Waals surface area (Å²) < 4.78 is 5.64. The van der Waals surface area contributed by atoms with Crippen LogP contribution in [0.4, 0.5) is 0 Å². The molecular formula is C12H20N2O3. The lowest BCUT2D eigenvalue weighted by Crippen LogP contribution is -2.67. The molecule has 1 saturated carbocycles. The zero-order valence-electron chi connectivity index (χ0n) is 10.7. The molecule has 17 heavy (non-hydrogen) atoms. The Morgan fingerprint density at radius 3 is 2.76 bits per heavy atom. The number of rotatable bonds is 3. The average Bonchev–Trinajstić information content (AvgIpc) is 2.28. The maximum Gasteiger partial charge on any atom is 0.242 e. The normalized spacial score (nSPS) is 32.1. The molecule has 1 aliphatic carbocycles. The number of carbonyl (C=O) groups excluding carboxylic acids is 2. The molecule has 2 amide bonds. The van der Waals surface area contributed by atoms with Crippen LogP contribution in [-0.4, -0.2) is 48.6 Å². The van der Waals surface area contributed by atoms with E-state index in [-0.39, 0.29) is 42.5 Å². The Balaban J connectivity index is 2.04. The molecule has 5 heteroatoms. The molecule has 2 fully saturated rings. The zero-order valence-corrected chi connectivity index (χ0v) is 10.7. The quantitative estimate of drug-likeness (QED) is 0.764. The van der Waals surface area contributed by atoms with Gasteiger partial charge in [-0.3, -0.25) is 9.59 Å². The van der Waals surface area contributed by atoms with Gasteiger partial charge < -0.3 is 15.0 Å². The van der Waals surface area contributed by atoms with Crippen LogP contribution in [0.25, 0.3) is 0 Å². The van der Waals surface area contributed by atoms with Crippen LogP contribution in [0.3, 0.4) is 0 Å². The van der Waals surface area contributed by atoms with Crippen molar-refractivity contribution in [3.63, 3.8) is 0 Å². The smallest absolute Gasteiger partial charge is 0.242 e. The lowest BCUT2D eigenvalue weighted by atomic mass is 9.63. The molecule has 0 aromatic heterocycles. The number of nitrogens with zero attached hydrogens (tertiary/aromatic N) is 1. The summed E-state index contributed by atoms with van der Waals surface area (Å²) in [5, 5.41) is 2.57. The maximum absolute atomic E-state index is 11.8. The van der Waals surface area contributed by atoms with Gasteiger partial charge >= 0.3 is 0 Å². The van der Waals surface area contributed by atoms with Crippen molar-refractivity contribution in [3.8, 4) is 0 Å². The van der Waals surface area contributed by atoms with Gasteiger partial charge in [0.05, 0.1) is 19.2 Å². The van der Waals surface area contributed by atoms with Gasteiger partial charge in [-0.15, -0.1) is 0 Å². The van der Waals surface area contributed by atoms with Crippen molar-refractivity contribution >= 4 is 11.8 Å². The maximum atomic E-state index is 11.8. The van der Waals surface area contributed by atoms with E-state index >= 15 is 0 Å². The molecule has 0 spiro atoms. The molecule has 2 atom stereocenters. The van der Waals surface area contributed by atoms with E-state index in [0.29, 0.717) is 6.61 Å².